The zero-order chi connectivity index (χ0) is 29.9. The van der Waals surface area contributed by atoms with Gasteiger partial charge in [-0.25, -0.2) is 0 Å². The first kappa shape index (κ1) is 30.1. The first-order valence-corrected chi connectivity index (χ1v) is 14.5. The predicted octanol–water partition coefficient (Wildman–Crippen LogP) is 7.15. The van der Waals surface area contributed by atoms with Gasteiger partial charge >= 0.3 is 0 Å². The summed E-state index contributed by atoms with van der Waals surface area (Å²) in [7, 11) is 0. The predicted molar refractivity (Wildman–Crippen MR) is 160 cm³/mol. The minimum atomic E-state index is -1.40. The van der Waals surface area contributed by atoms with E-state index in [1.807, 2.05) is 0 Å². The van der Waals surface area contributed by atoms with Crippen molar-refractivity contribution in [1.82, 2.24) is 0 Å². The van der Waals surface area contributed by atoms with Crippen LogP contribution in [-0.2, 0) is 27.3 Å². The zero-order valence-corrected chi connectivity index (χ0v) is 26.9. The van der Waals surface area contributed by atoms with Crippen molar-refractivity contribution >= 4 is 0 Å². The fraction of sp³-hybridized carbons (Fsp3) is 0.657. The largest absolute Gasteiger partial charge is 0.476 e. The highest BCUT2D eigenvalue weighted by Gasteiger charge is 2.69. The van der Waals surface area contributed by atoms with E-state index >= 15 is 0 Å². The molecule has 0 saturated heterocycles. The van der Waals surface area contributed by atoms with Gasteiger partial charge < -0.3 is 20.1 Å². The van der Waals surface area contributed by atoms with Crippen molar-refractivity contribution in [3.8, 4) is 5.75 Å². The number of aliphatic hydroxyl groups is 3. The summed E-state index contributed by atoms with van der Waals surface area (Å²) in [5, 5.41) is 35.4. The lowest BCUT2D eigenvalue weighted by molar-refractivity contribution is -0.163. The van der Waals surface area contributed by atoms with Gasteiger partial charge in [0.25, 0.3) is 0 Å². The van der Waals surface area contributed by atoms with E-state index in [0.29, 0.717) is 0 Å². The lowest BCUT2D eigenvalue weighted by atomic mass is 9.50. The molecule has 0 fully saturated rings. The van der Waals surface area contributed by atoms with Crippen LogP contribution in [0.3, 0.4) is 0 Å². The van der Waals surface area contributed by atoms with Crippen molar-refractivity contribution in [1.29, 1.82) is 0 Å². The molecule has 2 aromatic carbocycles. The molecule has 4 bridgehead atoms. The molecule has 0 radical (unpaired) electrons. The van der Waals surface area contributed by atoms with Crippen molar-refractivity contribution in [3.63, 3.8) is 0 Å². The molecule has 4 nitrogen and oxygen atoms in total. The number of hydrogen-bond donors (Lipinski definition) is 3. The van der Waals surface area contributed by atoms with Crippen molar-refractivity contribution in [2.75, 3.05) is 13.2 Å². The molecule has 1 aliphatic carbocycles. The summed E-state index contributed by atoms with van der Waals surface area (Å²) >= 11 is 0. The van der Waals surface area contributed by atoms with Crippen LogP contribution in [0, 0.1) is 19.3 Å². The smallest absolute Gasteiger partial charge is 0.173 e. The van der Waals surface area contributed by atoms with Gasteiger partial charge in [-0.2, -0.15) is 0 Å². The second-order valence-electron chi connectivity index (χ2n) is 16.4. The average Bonchev–Trinajstić information content (AvgIpc) is 3.05. The Morgan fingerprint density at radius 3 is 1.54 bits per heavy atom. The third kappa shape index (κ3) is 3.88. The summed E-state index contributed by atoms with van der Waals surface area (Å²) in [6, 6.07) is 4.44. The van der Waals surface area contributed by atoms with E-state index in [2.05, 4.69) is 109 Å². The quantitative estimate of drug-likeness (QED) is 0.381. The maximum Gasteiger partial charge on any atom is 0.173 e. The van der Waals surface area contributed by atoms with Crippen LogP contribution in [0.1, 0.15) is 139 Å². The molecule has 2 unspecified atom stereocenters. The first-order valence-electron chi connectivity index (χ1n) is 14.5. The highest BCUT2D eigenvalue weighted by atomic mass is 16.5. The van der Waals surface area contributed by atoms with Gasteiger partial charge in [0.2, 0.25) is 0 Å². The third-order valence-corrected chi connectivity index (χ3v) is 9.17. The van der Waals surface area contributed by atoms with E-state index in [9.17, 15) is 15.3 Å². The summed E-state index contributed by atoms with van der Waals surface area (Å²) in [6.45, 7) is 29.7. The van der Waals surface area contributed by atoms with Crippen molar-refractivity contribution in [3.05, 3.63) is 62.2 Å². The van der Waals surface area contributed by atoms with Gasteiger partial charge in [0, 0.05) is 16.7 Å². The van der Waals surface area contributed by atoms with Crippen molar-refractivity contribution in [2.45, 2.75) is 130 Å². The maximum atomic E-state index is 12.6. The molecule has 4 heteroatoms. The second kappa shape index (κ2) is 8.57. The van der Waals surface area contributed by atoms with Gasteiger partial charge in [-0.05, 0) is 68.9 Å². The average molecular weight is 537 g/mol. The lowest BCUT2D eigenvalue weighted by Crippen LogP contribution is -2.61. The first-order chi connectivity index (χ1) is 17.5. The molecule has 1 spiro atoms. The molecule has 4 rings (SSSR count). The number of benzene rings is 2. The normalized spacial score (nSPS) is 22.4. The van der Waals surface area contributed by atoms with E-state index in [1.165, 1.54) is 0 Å². The number of hydrogen-bond acceptors (Lipinski definition) is 4. The molecule has 3 N–H and O–H groups in total. The maximum absolute atomic E-state index is 12.6. The summed E-state index contributed by atoms with van der Waals surface area (Å²) in [5.74, 6) is 0.812. The number of fused-ring (bicyclic) bond motifs is 6. The summed E-state index contributed by atoms with van der Waals surface area (Å²) in [5.41, 5.74) is 5.51. The van der Waals surface area contributed by atoms with Crippen LogP contribution in [0.25, 0.3) is 0 Å². The van der Waals surface area contributed by atoms with Gasteiger partial charge in [-0.1, -0.05) is 95.2 Å². The monoisotopic (exact) mass is 536 g/mol. The zero-order valence-electron chi connectivity index (χ0n) is 26.9. The summed E-state index contributed by atoms with van der Waals surface area (Å²) in [6.07, 6.45) is -1.14. The van der Waals surface area contributed by atoms with Crippen LogP contribution in [0.15, 0.2) is 12.1 Å². The minimum Gasteiger partial charge on any atom is -0.476 e. The Bertz CT molecular complexity index is 1320. The molecule has 39 heavy (non-hydrogen) atoms. The fourth-order valence-corrected chi connectivity index (χ4v) is 7.47. The van der Waals surface area contributed by atoms with Crippen LogP contribution < -0.4 is 4.74 Å². The van der Waals surface area contributed by atoms with E-state index < -0.39 is 30.3 Å². The van der Waals surface area contributed by atoms with E-state index in [-0.39, 0.29) is 21.7 Å². The van der Waals surface area contributed by atoms with Crippen LogP contribution in [0.5, 0.6) is 5.75 Å². The van der Waals surface area contributed by atoms with Crippen molar-refractivity contribution in [2.24, 2.45) is 5.41 Å². The topological polar surface area (TPSA) is 69.9 Å². The molecule has 2 aromatic rings. The molecule has 0 aromatic heterocycles. The number of rotatable bonds is 2. The number of aryl methyl sites for hydroxylation is 2. The Morgan fingerprint density at radius 2 is 1.13 bits per heavy atom. The SMILES string of the molecule is Cc1cc(C(C)(C)C)c2c(C(C)(C)C)c1OC21c2c(C)cc(C(C)(C)C)c(c2C(C)(C)C)C(O)C1(CO)CO. The molecule has 216 valence electrons. The molecule has 1 aliphatic heterocycles. The number of aliphatic hydroxyl groups excluding tert-OH is 3. The van der Waals surface area contributed by atoms with Gasteiger partial charge in [0.15, 0.2) is 5.60 Å². The molecular formula is C35H52O4. The van der Waals surface area contributed by atoms with Crippen molar-refractivity contribution < 1.29 is 20.1 Å². The van der Waals surface area contributed by atoms with Crippen LogP contribution in [-0.4, -0.2) is 28.5 Å². The van der Waals surface area contributed by atoms with Gasteiger partial charge in [-0.3, -0.25) is 0 Å². The summed E-state index contributed by atoms with van der Waals surface area (Å²) in [4.78, 5) is 0. The van der Waals surface area contributed by atoms with E-state index in [1.54, 1.807) is 0 Å². The highest BCUT2D eigenvalue weighted by molar-refractivity contribution is 5.71. The van der Waals surface area contributed by atoms with Gasteiger partial charge in [0.1, 0.15) is 5.75 Å². The highest BCUT2D eigenvalue weighted by Crippen LogP contribution is 2.68. The summed E-state index contributed by atoms with van der Waals surface area (Å²) < 4.78 is 7.31. The minimum absolute atomic E-state index is 0.248. The molecule has 0 saturated carbocycles. The second-order valence-corrected chi connectivity index (χ2v) is 16.4. The Kier molecular flexibility index (Phi) is 6.61. The molecule has 2 atom stereocenters. The van der Waals surface area contributed by atoms with E-state index in [4.69, 9.17) is 4.74 Å². The van der Waals surface area contributed by atoms with Crippen LogP contribution in [0.2, 0.25) is 0 Å². The third-order valence-electron chi connectivity index (χ3n) is 9.17. The van der Waals surface area contributed by atoms with Crippen LogP contribution >= 0.6 is 0 Å². The Labute approximate surface area is 236 Å². The molecule has 1 heterocycles. The molecular weight excluding hydrogens is 484 g/mol. The van der Waals surface area contributed by atoms with Gasteiger partial charge in [-0.15, -0.1) is 0 Å². The lowest BCUT2D eigenvalue weighted by Gasteiger charge is -2.57. The Hall–Kier alpha value is -1.88. The Morgan fingerprint density at radius 1 is 0.667 bits per heavy atom. The Balaban J connectivity index is 2.40. The fourth-order valence-electron chi connectivity index (χ4n) is 7.47. The molecule has 2 aliphatic rings. The molecule has 0 amide bonds. The standard InChI is InChI=1S/C35H52O4/c1-19-15-21(30(3,4)5)23-26(32(9,10)11)24(19)35(34(17-36,18-37)29(23)38)25-22(31(6,7)8)16-20(2)28(39-35)27(25)33(12,13)14/h15-16,29,36-38H,17-18H2,1-14H3. The number of ether oxygens (including phenoxy) is 1. The van der Waals surface area contributed by atoms with E-state index in [0.717, 1.165) is 55.8 Å². The van der Waals surface area contributed by atoms with Gasteiger partial charge in [0.05, 0.1) is 24.7 Å². The van der Waals surface area contributed by atoms with Crippen LogP contribution in [0.4, 0.5) is 0 Å².